The van der Waals surface area contributed by atoms with Crippen molar-refractivity contribution in [2.45, 2.75) is 38.1 Å². The molecule has 3 heteroatoms. The molecular formula is C13H18ClNO. The highest BCUT2D eigenvalue weighted by Gasteiger charge is 2.36. The Kier molecular flexibility index (Phi) is 3.13. The van der Waals surface area contributed by atoms with Crippen LogP contribution in [0.3, 0.4) is 0 Å². The van der Waals surface area contributed by atoms with Gasteiger partial charge in [-0.15, -0.1) is 0 Å². The molecule has 1 saturated carbocycles. The molecule has 0 amide bonds. The molecule has 0 unspecified atom stereocenters. The fraction of sp³-hybridized carbons (Fsp3) is 0.538. The minimum absolute atomic E-state index is 0.297. The van der Waals surface area contributed by atoms with Crippen LogP contribution >= 0.6 is 11.6 Å². The summed E-state index contributed by atoms with van der Waals surface area (Å²) in [5.41, 5.74) is 8.26. The van der Waals surface area contributed by atoms with Crippen LogP contribution in [-0.4, -0.2) is 7.11 Å². The van der Waals surface area contributed by atoms with E-state index in [1.54, 1.807) is 7.11 Å². The number of rotatable bonds is 2. The lowest BCUT2D eigenvalue weighted by atomic mass is 9.87. The summed E-state index contributed by atoms with van der Waals surface area (Å²) < 4.78 is 5.47. The van der Waals surface area contributed by atoms with Crippen LogP contribution in [0.5, 0.6) is 5.75 Å². The summed E-state index contributed by atoms with van der Waals surface area (Å²) in [6, 6.07) is 3.89. The monoisotopic (exact) mass is 239 g/mol. The van der Waals surface area contributed by atoms with E-state index in [1.807, 2.05) is 19.1 Å². The van der Waals surface area contributed by atoms with Crippen molar-refractivity contribution < 1.29 is 4.74 Å². The van der Waals surface area contributed by atoms with Gasteiger partial charge in [0.1, 0.15) is 5.75 Å². The number of ether oxygens (including phenoxy) is 1. The van der Waals surface area contributed by atoms with Gasteiger partial charge in [-0.3, -0.25) is 0 Å². The Hall–Kier alpha value is -0.730. The first-order chi connectivity index (χ1) is 7.58. The highest BCUT2D eigenvalue weighted by Crippen LogP contribution is 2.45. The van der Waals surface area contributed by atoms with Crippen molar-refractivity contribution >= 4 is 11.6 Å². The molecule has 0 aromatic heterocycles. The second-order valence-electron chi connectivity index (χ2n) is 4.64. The maximum atomic E-state index is 6.46. The largest absolute Gasteiger partial charge is 0.496 e. The summed E-state index contributed by atoms with van der Waals surface area (Å²) in [5.74, 6) is 0.858. The number of hydrogen-bond acceptors (Lipinski definition) is 2. The van der Waals surface area contributed by atoms with Gasteiger partial charge in [0.25, 0.3) is 0 Å². The summed E-state index contributed by atoms with van der Waals surface area (Å²) in [6.07, 6.45) is 4.33. The number of nitrogens with two attached hydrogens (primary N) is 1. The van der Waals surface area contributed by atoms with Crippen molar-refractivity contribution in [3.05, 3.63) is 28.3 Å². The van der Waals surface area contributed by atoms with Gasteiger partial charge in [0.05, 0.1) is 7.11 Å². The van der Waals surface area contributed by atoms with Gasteiger partial charge in [-0.05, 0) is 31.4 Å². The van der Waals surface area contributed by atoms with Crippen molar-refractivity contribution in [1.82, 2.24) is 0 Å². The first-order valence-electron chi connectivity index (χ1n) is 5.71. The highest BCUT2D eigenvalue weighted by molar-refractivity contribution is 6.31. The summed E-state index contributed by atoms with van der Waals surface area (Å²) >= 11 is 6.29. The normalized spacial score (nSPS) is 18.8. The molecule has 0 bridgehead atoms. The molecule has 0 spiro atoms. The van der Waals surface area contributed by atoms with Gasteiger partial charge in [-0.25, -0.2) is 0 Å². The van der Waals surface area contributed by atoms with Gasteiger partial charge < -0.3 is 10.5 Å². The van der Waals surface area contributed by atoms with Gasteiger partial charge in [0.2, 0.25) is 0 Å². The van der Waals surface area contributed by atoms with E-state index in [2.05, 4.69) is 0 Å². The molecule has 0 saturated heterocycles. The van der Waals surface area contributed by atoms with Crippen LogP contribution in [0.4, 0.5) is 0 Å². The van der Waals surface area contributed by atoms with E-state index < -0.39 is 0 Å². The smallest absolute Gasteiger partial charge is 0.128 e. The fourth-order valence-electron chi connectivity index (χ4n) is 2.65. The molecule has 88 valence electrons. The zero-order chi connectivity index (χ0) is 11.8. The van der Waals surface area contributed by atoms with E-state index >= 15 is 0 Å². The third-order valence-electron chi connectivity index (χ3n) is 3.50. The van der Waals surface area contributed by atoms with Crippen molar-refractivity contribution in [1.29, 1.82) is 0 Å². The molecule has 2 rings (SSSR count). The number of halogens is 1. The molecule has 16 heavy (non-hydrogen) atoms. The summed E-state index contributed by atoms with van der Waals surface area (Å²) in [4.78, 5) is 0. The van der Waals surface area contributed by atoms with Gasteiger partial charge in [0.15, 0.2) is 0 Å². The van der Waals surface area contributed by atoms with Crippen LogP contribution in [0.25, 0.3) is 0 Å². The zero-order valence-electron chi connectivity index (χ0n) is 9.85. The fourth-order valence-corrected chi connectivity index (χ4v) is 2.98. The van der Waals surface area contributed by atoms with E-state index in [1.165, 1.54) is 12.8 Å². The zero-order valence-corrected chi connectivity index (χ0v) is 10.6. The Morgan fingerprint density at radius 3 is 2.50 bits per heavy atom. The third kappa shape index (κ3) is 1.80. The molecule has 1 aromatic rings. The van der Waals surface area contributed by atoms with Gasteiger partial charge in [0, 0.05) is 16.1 Å². The third-order valence-corrected chi connectivity index (χ3v) is 3.82. The van der Waals surface area contributed by atoms with Crippen molar-refractivity contribution in [2.24, 2.45) is 5.73 Å². The predicted octanol–water partition coefficient (Wildman–Crippen LogP) is 3.39. The van der Waals surface area contributed by atoms with Gasteiger partial charge in [-0.1, -0.05) is 30.5 Å². The predicted molar refractivity (Wildman–Crippen MR) is 67.1 cm³/mol. The van der Waals surface area contributed by atoms with Crippen molar-refractivity contribution in [2.75, 3.05) is 7.11 Å². The van der Waals surface area contributed by atoms with Crippen LogP contribution < -0.4 is 10.5 Å². The summed E-state index contributed by atoms with van der Waals surface area (Å²) in [7, 11) is 1.68. The van der Waals surface area contributed by atoms with E-state index in [4.69, 9.17) is 22.1 Å². The number of hydrogen-bond donors (Lipinski definition) is 1. The number of methoxy groups -OCH3 is 1. The maximum absolute atomic E-state index is 6.46. The van der Waals surface area contributed by atoms with Crippen LogP contribution in [0.15, 0.2) is 12.1 Å². The molecule has 2 nitrogen and oxygen atoms in total. The Labute approximate surface area is 102 Å². The second-order valence-corrected chi connectivity index (χ2v) is 5.04. The average Bonchev–Trinajstić information content (AvgIpc) is 2.69. The standard InChI is InChI=1S/C13H18ClNO/c1-9-5-6-10(14)11(12(9)16-2)13(15)7-3-4-8-13/h5-6H,3-4,7-8,15H2,1-2H3. The van der Waals surface area contributed by atoms with Crippen molar-refractivity contribution in [3.63, 3.8) is 0 Å². The Balaban J connectivity index is 2.57. The molecule has 1 aromatic carbocycles. The summed E-state index contributed by atoms with van der Waals surface area (Å²) in [5, 5.41) is 0.729. The Morgan fingerprint density at radius 1 is 1.31 bits per heavy atom. The molecule has 1 fully saturated rings. The number of benzene rings is 1. The van der Waals surface area contributed by atoms with Crippen LogP contribution in [0.2, 0.25) is 5.02 Å². The molecule has 1 aliphatic carbocycles. The summed E-state index contributed by atoms with van der Waals surface area (Å²) in [6.45, 7) is 2.02. The molecule has 0 radical (unpaired) electrons. The Morgan fingerprint density at radius 2 is 1.94 bits per heavy atom. The lowest BCUT2D eigenvalue weighted by Crippen LogP contribution is -2.34. The van der Waals surface area contributed by atoms with Crippen LogP contribution in [0, 0.1) is 6.92 Å². The van der Waals surface area contributed by atoms with E-state index in [0.29, 0.717) is 0 Å². The second kappa shape index (κ2) is 4.27. The quantitative estimate of drug-likeness (QED) is 0.859. The average molecular weight is 240 g/mol. The minimum Gasteiger partial charge on any atom is -0.496 e. The van der Waals surface area contributed by atoms with E-state index in [-0.39, 0.29) is 5.54 Å². The Bertz CT molecular complexity index is 397. The first kappa shape index (κ1) is 11.7. The number of aryl methyl sites for hydroxylation is 1. The maximum Gasteiger partial charge on any atom is 0.128 e. The molecule has 0 aliphatic heterocycles. The van der Waals surface area contributed by atoms with Crippen LogP contribution in [-0.2, 0) is 5.54 Å². The molecule has 1 aliphatic rings. The van der Waals surface area contributed by atoms with Crippen LogP contribution in [0.1, 0.15) is 36.8 Å². The molecule has 2 N–H and O–H groups in total. The lowest BCUT2D eigenvalue weighted by Gasteiger charge is -2.28. The molecule has 0 heterocycles. The van der Waals surface area contributed by atoms with E-state index in [0.717, 1.165) is 34.7 Å². The molecule has 0 atom stereocenters. The molecular weight excluding hydrogens is 222 g/mol. The topological polar surface area (TPSA) is 35.2 Å². The minimum atomic E-state index is -0.297. The van der Waals surface area contributed by atoms with E-state index in [9.17, 15) is 0 Å². The first-order valence-corrected chi connectivity index (χ1v) is 6.09. The lowest BCUT2D eigenvalue weighted by molar-refractivity contribution is 0.377. The van der Waals surface area contributed by atoms with Gasteiger partial charge in [-0.2, -0.15) is 0 Å². The van der Waals surface area contributed by atoms with Gasteiger partial charge >= 0.3 is 0 Å². The highest BCUT2D eigenvalue weighted by atomic mass is 35.5. The SMILES string of the molecule is COc1c(C)ccc(Cl)c1C1(N)CCCC1. The van der Waals surface area contributed by atoms with Crippen molar-refractivity contribution in [3.8, 4) is 5.75 Å².